The van der Waals surface area contributed by atoms with E-state index in [-0.39, 0.29) is 11.4 Å². The lowest BCUT2D eigenvalue weighted by Crippen LogP contribution is -2.47. The summed E-state index contributed by atoms with van der Waals surface area (Å²) in [5.74, 6) is 1.60. The van der Waals surface area contributed by atoms with Crippen molar-refractivity contribution in [3.63, 3.8) is 0 Å². The number of nitrogens with zero attached hydrogens (tertiary/aromatic N) is 5. The van der Waals surface area contributed by atoms with Crippen molar-refractivity contribution in [2.75, 3.05) is 36.0 Å². The molecule has 0 aliphatic carbocycles. The summed E-state index contributed by atoms with van der Waals surface area (Å²) in [6, 6.07) is 5.95. The first-order valence-electron chi connectivity index (χ1n) is 8.48. The lowest BCUT2D eigenvalue weighted by molar-refractivity contribution is 0.0914. The van der Waals surface area contributed by atoms with E-state index in [0.717, 1.165) is 37.8 Å². The third kappa shape index (κ3) is 4.43. The third-order valence-corrected chi connectivity index (χ3v) is 3.94. The zero-order valence-corrected chi connectivity index (χ0v) is 14.9. The Hall–Kier alpha value is -2.70. The van der Waals surface area contributed by atoms with E-state index in [2.05, 4.69) is 30.1 Å². The summed E-state index contributed by atoms with van der Waals surface area (Å²) >= 11 is 0. The molecule has 1 aliphatic rings. The van der Waals surface area contributed by atoms with Crippen LogP contribution in [-0.4, -0.2) is 52.6 Å². The van der Waals surface area contributed by atoms with Crippen molar-refractivity contribution >= 4 is 17.5 Å². The quantitative estimate of drug-likeness (QED) is 0.917. The van der Waals surface area contributed by atoms with Crippen molar-refractivity contribution in [3.8, 4) is 0 Å². The lowest BCUT2D eigenvalue weighted by atomic mass is 10.1. The molecule has 0 spiro atoms. The van der Waals surface area contributed by atoms with E-state index in [1.807, 2.05) is 45.2 Å². The monoisotopic (exact) mass is 340 g/mol. The molecular formula is C18H24N6O. The normalized spacial score (nSPS) is 15.2. The van der Waals surface area contributed by atoms with E-state index in [9.17, 15) is 4.79 Å². The second-order valence-electron chi connectivity index (χ2n) is 7.13. The Morgan fingerprint density at radius 2 is 1.64 bits per heavy atom. The number of pyridine rings is 1. The molecule has 0 unspecified atom stereocenters. The first kappa shape index (κ1) is 17.1. The number of piperazine rings is 1. The second-order valence-corrected chi connectivity index (χ2v) is 7.13. The molecule has 2 aromatic heterocycles. The number of anilines is 2. The largest absolute Gasteiger partial charge is 0.353 e. The molecule has 1 amide bonds. The summed E-state index contributed by atoms with van der Waals surface area (Å²) in [5, 5.41) is 2.89. The number of rotatable bonds is 3. The Morgan fingerprint density at radius 3 is 2.16 bits per heavy atom. The van der Waals surface area contributed by atoms with Crippen molar-refractivity contribution in [2.45, 2.75) is 26.3 Å². The van der Waals surface area contributed by atoms with Crippen LogP contribution in [0.25, 0.3) is 0 Å². The van der Waals surface area contributed by atoms with Gasteiger partial charge in [-0.2, -0.15) is 0 Å². The van der Waals surface area contributed by atoms with E-state index in [0.29, 0.717) is 5.69 Å². The van der Waals surface area contributed by atoms with Crippen LogP contribution >= 0.6 is 0 Å². The summed E-state index contributed by atoms with van der Waals surface area (Å²) in [6.07, 6.45) is 5.03. The molecule has 132 valence electrons. The van der Waals surface area contributed by atoms with E-state index in [1.54, 1.807) is 12.4 Å². The second kappa shape index (κ2) is 7.04. The van der Waals surface area contributed by atoms with E-state index in [1.165, 1.54) is 0 Å². The fraction of sp³-hybridized carbons (Fsp3) is 0.444. The fourth-order valence-corrected chi connectivity index (χ4v) is 2.71. The number of nitrogens with one attached hydrogen (secondary N) is 1. The van der Waals surface area contributed by atoms with Gasteiger partial charge >= 0.3 is 0 Å². The zero-order valence-electron chi connectivity index (χ0n) is 14.9. The Morgan fingerprint density at radius 1 is 0.960 bits per heavy atom. The average Bonchev–Trinajstić information content (AvgIpc) is 2.61. The van der Waals surface area contributed by atoms with Gasteiger partial charge in [0.25, 0.3) is 5.91 Å². The van der Waals surface area contributed by atoms with Crippen LogP contribution in [0.2, 0.25) is 0 Å². The average molecular weight is 340 g/mol. The highest BCUT2D eigenvalue weighted by molar-refractivity contribution is 5.92. The molecule has 0 aromatic carbocycles. The van der Waals surface area contributed by atoms with Gasteiger partial charge in [0, 0.05) is 37.9 Å². The molecule has 7 heteroatoms. The van der Waals surface area contributed by atoms with Gasteiger partial charge in [-0.1, -0.05) is 6.07 Å². The number of amides is 1. The summed E-state index contributed by atoms with van der Waals surface area (Å²) < 4.78 is 0. The van der Waals surface area contributed by atoms with Crippen molar-refractivity contribution in [1.82, 2.24) is 20.3 Å². The molecule has 3 rings (SSSR count). The van der Waals surface area contributed by atoms with Gasteiger partial charge in [-0.3, -0.25) is 4.79 Å². The van der Waals surface area contributed by atoms with Gasteiger partial charge in [0.15, 0.2) is 0 Å². The van der Waals surface area contributed by atoms with E-state index < -0.39 is 0 Å². The molecule has 0 atom stereocenters. The maximum atomic E-state index is 12.1. The van der Waals surface area contributed by atoms with Gasteiger partial charge in [0.2, 0.25) is 0 Å². The first-order chi connectivity index (χ1) is 11.9. The Labute approximate surface area is 148 Å². The predicted octanol–water partition coefficient (Wildman–Crippen LogP) is 1.73. The van der Waals surface area contributed by atoms with Crippen LogP contribution in [0.5, 0.6) is 0 Å². The molecule has 0 bridgehead atoms. The summed E-state index contributed by atoms with van der Waals surface area (Å²) in [5.41, 5.74) is 0.0463. The highest BCUT2D eigenvalue weighted by atomic mass is 16.2. The minimum atomic E-state index is -0.292. The number of carbonyl (C=O) groups excluding carboxylic acids is 1. The SMILES string of the molecule is CC(C)(C)NC(=O)c1cnc(N2CCN(c3ccccn3)CC2)cn1. The minimum absolute atomic E-state index is 0.202. The Bertz CT molecular complexity index is 703. The van der Waals surface area contributed by atoms with Gasteiger partial charge in [-0.15, -0.1) is 0 Å². The summed E-state index contributed by atoms with van der Waals surface area (Å²) in [6.45, 7) is 9.27. The maximum Gasteiger partial charge on any atom is 0.271 e. The van der Waals surface area contributed by atoms with Crippen molar-refractivity contribution in [2.24, 2.45) is 0 Å². The van der Waals surface area contributed by atoms with Crippen LogP contribution < -0.4 is 15.1 Å². The smallest absolute Gasteiger partial charge is 0.271 e. The highest BCUT2D eigenvalue weighted by Crippen LogP contribution is 2.16. The topological polar surface area (TPSA) is 74.2 Å². The van der Waals surface area contributed by atoms with Gasteiger partial charge in [0.1, 0.15) is 17.3 Å². The minimum Gasteiger partial charge on any atom is -0.353 e. The Balaban J connectivity index is 1.60. The van der Waals surface area contributed by atoms with Gasteiger partial charge < -0.3 is 15.1 Å². The molecular weight excluding hydrogens is 316 g/mol. The van der Waals surface area contributed by atoms with E-state index in [4.69, 9.17) is 0 Å². The van der Waals surface area contributed by atoms with Crippen molar-refractivity contribution < 1.29 is 4.79 Å². The van der Waals surface area contributed by atoms with Crippen LogP contribution in [0.1, 0.15) is 31.3 Å². The summed E-state index contributed by atoms with van der Waals surface area (Å²) in [4.78, 5) is 29.6. The molecule has 3 heterocycles. The molecule has 25 heavy (non-hydrogen) atoms. The highest BCUT2D eigenvalue weighted by Gasteiger charge is 2.20. The maximum absolute atomic E-state index is 12.1. The van der Waals surface area contributed by atoms with Crippen LogP contribution in [0, 0.1) is 0 Å². The Kier molecular flexibility index (Phi) is 4.83. The zero-order chi connectivity index (χ0) is 17.9. The van der Waals surface area contributed by atoms with Gasteiger partial charge in [-0.25, -0.2) is 15.0 Å². The molecule has 1 saturated heterocycles. The molecule has 7 nitrogen and oxygen atoms in total. The molecule has 1 N–H and O–H groups in total. The summed E-state index contributed by atoms with van der Waals surface area (Å²) in [7, 11) is 0. The van der Waals surface area contributed by atoms with Crippen LogP contribution in [-0.2, 0) is 0 Å². The molecule has 1 fully saturated rings. The van der Waals surface area contributed by atoms with E-state index >= 15 is 0 Å². The van der Waals surface area contributed by atoms with Crippen molar-refractivity contribution in [1.29, 1.82) is 0 Å². The standard InChI is InChI=1S/C18H24N6O/c1-18(2,3)22-17(25)14-12-21-16(13-20-14)24-10-8-23(9-11-24)15-6-4-5-7-19-15/h4-7,12-13H,8-11H2,1-3H3,(H,22,25). The number of carbonyl (C=O) groups is 1. The van der Waals surface area contributed by atoms with Crippen LogP contribution in [0.3, 0.4) is 0 Å². The molecule has 1 aliphatic heterocycles. The number of hydrogen-bond donors (Lipinski definition) is 1. The third-order valence-electron chi connectivity index (χ3n) is 3.94. The van der Waals surface area contributed by atoms with Crippen LogP contribution in [0.15, 0.2) is 36.8 Å². The predicted molar refractivity (Wildman–Crippen MR) is 97.9 cm³/mol. The molecule has 2 aromatic rings. The van der Waals surface area contributed by atoms with Gasteiger partial charge in [-0.05, 0) is 32.9 Å². The van der Waals surface area contributed by atoms with Gasteiger partial charge in [0.05, 0.1) is 12.4 Å². The lowest BCUT2D eigenvalue weighted by Gasteiger charge is -2.35. The fourth-order valence-electron chi connectivity index (χ4n) is 2.71. The first-order valence-corrected chi connectivity index (χ1v) is 8.48. The number of aromatic nitrogens is 3. The molecule has 0 radical (unpaired) electrons. The van der Waals surface area contributed by atoms with Crippen molar-refractivity contribution in [3.05, 3.63) is 42.5 Å². The van der Waals surface area contributed by atoms with Crippen LogP contribution in [0.4, 0.5) is 11.6 Å². The molecule has 0 saturated carbocycles. The number of hydrogen-bond acceptors (Lipinski definition) is 6.